The molecule has 0 amide bonds. The minimum Gasteiger partial charge on any atom is -0.334 e. The lowest BCUT2D eigenvalue weighted by Crippen LogP contribution is -2.40. The van der Waals surface area contributed by atoms with Crippen molar-refractivity contribution in [3.8, 4) is 0 Å². The molecule has 3 heteroatoms. The number of hydrogen-bond acceptors (Lipinski definition) is 2. The van der Waals surface area contributed by atoms with E-state index in [9.17, 15) is 0 Å². The molecule has 1 aromatic rings. The largest absolute Gasteiger partial charge is 0.334 e. The van der Waals surface area contributed by atoms with Gasteiger partial charge in [-0.05, 0) is 27.2 Å². The zero-order valence-electron chi connectivity index (χ0n) is 9.67. The molecule has 0 fully saturated rings. The van der Waals surface area contributed by atoms with Crippen LogP contribution in [0.25, 0.3) is 0 Å². The average Bonchev–Trinajstić information content (AvgIpc) is 2.52. The third-order valence-corrected chi connectivity index (χ3v) is 2.76. The number of imidazole rings is 1. The number of aryl methyl sites for hydroxylation is 1. The molecule has 80 valence electrons. The SMILES string of the molecule is CCC(C)(C)NCCn1ccnc1C. The molecular formula is C11H21N3. The summed E-state index contributed by atoms with van der Waals surface area (Å²) in [4.78, 5) is 4.19. The minimum absolute atomic E-state index is 0.245. The van der Waals surface area contributed by atoms with E-state index in [4.69, 9.17) is 0 Å². The second-order valence-electron chi connectivity index (χ2n) is 4.33. The van der Waals surface area contributed by atoms with E-state index in [2.05, 4.69) is 35.6 Å². The molecule has 0 spiro atoms. The van der Waals surface area contributed by atoms with Gasteiger partial charge in [-0.15, -0.1) is 0 Å². The second kappa shape index (κ2) is 4.60. The lowest BCUT2D eigenvalue weighted by atomic mass is 10.0. The Kier molecular flexibility index (Phi) is 3.69. The van der Waals surface area contributed by atoms with Crippen molar-refractivity contribution in [1.82, 2.24) is 14.9 Å². The maximum atomic E-state index is 4.19. The van der Waals surface area contributed by atoms with Gasteiger partial charge in [-0.1, -0.05) is 6.92 Å². The van der Waals surface area contributed by atoms with Gasteiger partial charge in [0.1, 0.15) is 5.82 Å². The van der Waals surface area contributed by atoms with Crippen LogP contribution >= 0.6 is 0 Å². The zero-order valence-corrected chi connectivity index (χ0v) is 9.67. The molecule has 0 aromatic carbocycles. The van der Waals surface area contributed by atoms with E-state index in [1.54, 1.807) is 0 Å². The normalized spacial score (nSPS) is 12.0. The minimum atomic E-state index is 0.245. The van der Waals surface area contributed by atoms with Gasteiger partial charge in [0, 0.05) is 31.0 Å². The van der Waals surface area contributed by atoms with Crippen molar-refractivity contribution in [3.63, 3.8) is 0 Å². The van der Waals surface area contributed by atoms with Crippen molar-refractivity contribution in [3.05, 3.63) is 18.2 Å². The molecule has 0 aliphatic carbocycles. The average molecular weight is 195 g/mol. The molecule has 0 unspecified atom stereocenters. The summed E-state index contributed by atoms with van der Waals surface area (Å²) in [5.74, 6) is 1.08. The summed E-state index contributed by atoms with van der Waals surface area (Å²) >= 11 is 0. The van der Waals surface area contributed by atoms with Crippen molar-refractivity contribution in [1.29, 1.82) is 0 Å². The Bertz CT molecular complexity index is 276. The number of rotatable bonds is 5. The topological polar surface area (TPSA) is 29.9 Å². The molecule has 3 nitrogen and oxygen atoms in total. The smallest absolute Gasteiger partial charge is 0.105 e. The number of aromatic nitrogens is 2. The first-order valence-corrected chi connectivity index (χ1v) is 5.28. The van der Waals surface area contributed by atoms with E-state index in [0.717, 1.165) is 25.3 Å². The van der Waals surface area contributed by atoms with Gasteiger partial charge in [0.15, 0.2) is 0 Å². The quantitative estimate of drug-likeness (QED) is 0.778. The third-order valence-electron chi connectivity index (χ3n) is 2.76. The van der Waals surface area contributed by atoms with Crippen molar-refractivity contribution in [2.45, 2.75) is 46.2 Å². The Hall–Kier alpha value is -0.830. The summed E-state index contributed by atoms with van der Waals surface area (Å²) in [6.07, 6.45) is 5.02. The molecule has 0 saturated carbocycles. The predicted octanol–water partition coefficient (Wildman–Crippen LogP) is 1.97. The van der Waals surface area contributed by atoms with E-state index < -0.39 is 0 Å². The van der Waals surface area contributed by atoms with Crippen molar-refractivity contribution in [2.24, 2.45) is 0 Å². The summed E-state index contributed by atoms with van der Waals surface area (Å²) in [7, 11) is 0. The van der Waals surface area contributed by atoms with Crippen LogP contribution in [0.15, 0.2) is 12.4 Å². The third kappa shape index (κ3) is 3.14. The first-order valence-electron chi connectivity index (χ1n) is 5.28. The predicted molar refractivity (Wildman–Crippen MR) is 59.3 cm³/mol. The Morgan fingerprint density at radius 2 is 2.21 bits per heavy atom. The maximum Gasteiger partial charge on any atom is 0.105 e. The van der Waals surface area contributed by atoms with E-state index in [0.29, 0.717) is 0 Å². The van der Waals surface area contributed by atoms with E-state index in [1.807, 2.05) is 19.3 Å². The molecule has 0 aliphatic rings. The van der Waals surface area contributed by atoms with Gasteiger partial charge in [0.25, 0.3) is 0 Å². The fourth-order valence-corrected chi connectivity index (χ4v) is 1.28. The molecule has 14 heavy (non-hydrogen) atoms. The van der Waals surface area contributed by atoms with Crippen LogP contribution in [-0.4, -0.2) is 21.6 Å². The van der Waals surface area contributed by atoms with Crippen LogP contribution in [0.3, 0.4) is 0 Å². The van der Waals surface area contributed by atoms with Gasteiger partial charge < -0.3 is 9.88 Å². The molecule has 0 atom stereocenters. The number of hydrogen-bond donors (Lipinski definition) is 1. The highest BCUT2D eigenvalue weighted by atomic mass is 15.1. The lowest BCUT2D eigenvalue weighted by Gasteiger charge is -2.24. The standard InChI is InChI=1S/C11H21N3/c1-5-11(3,4)13-7-9-14-8-6-12-10(14)2/h6,8,13H,5,7,9H2,1-4H3. The summed E-state index contributed by atoms with van der Waals surface area (Å²) in [6, 6.07) is 0. The molecule has 1 N–H and O–H groups in total. The Labute approximate surface area is 86.5 Å². The second-order valence-corrected chi connectivity index (χ2v) is 4.33. The van der Waals surface area contributed by atoms with Crippen LogP contribution in [0, 0.1) is 6.92 Å². The molecule has 1 heterocycles. The van der Waals surface area contributed by atoms with Crippen LogP contribution in [0.5, 0.6) is 0 Å². The Morgan fingerprint density at radius 3 is 2.71 bits per heavy atom. The summed E-state index contributed by atoms with van der Waals surface area (Å²) in [5, 5.41) is 3.53. The molecule has 0 radical (unpaired) electrons. The highest BCUT2D eigenvalue weighted by Crippen LogP contribution is 2.06. The molecule has 1 aromatic heterocycles. The van der Waals surface area contributed by atoms with Gasteiger partial charge in [-0.3, -0.25) is 0 Å². The fourth-order valence-electron chi connectivity index (χ4n) is 1.28. The van der Waals surface area contributed by atoms with Crippen LogP contribution in [0.1, 0.15) is 33.0 Å². The van der Waals surface area contributed by atoms with Crippen LogP contribution < -0.4 is 5.32 Å². The number of nitrogens with one attached hydrogen (secondary N) is 1. The van der Waals surface area contributed by atoms with Crippen LogP contribution in [-0.2, 0) is 6.54 Å². The monoisotopic (exact) mass is 195 g/mol. The number of nitrogens with zero attached hydrogens (tertiary/aromatic N) is 2. The Morgan fingerprint density at radius 1 is 1.50 bits per heavy atom. The van der Waals surface area contributed by atoms with Gasteiger partial charge in [0.2, 0.25) is 0 Å². The zero-order chi connectivity index (χ0) is 10.6. The van der Waals surface area contributed by atoms with E-state index in [-0.39, 0.29) is 5.54 Å². The molecule has 0 saturated heterocycles. The van der Waals surface area contributed by atoms with Crippen molar-refractivity contribution < 1.29 is 0 Å². The molecular weight excluding hydrogens is 174 g/mol. The fraction of sp³-hybridized carbons (Fsp3) is 0.727. The Balaban J connectivity index is 2.32. The lowest BCUT2D eigenvalue weighted by molar-refractivity contribution is 0.367. The van der Waals surface area contributed by atoms with Crippen molar-refractivity contribution in [2.75, 3.05) is 6.54 Å². The van der Waals surface area contributed by atoms with Crippen LogP contribution in [0.2, 0.25) is 0 Å². The highest BCUT2D eigenvalue weighted by molar-refractivity contribution is 4.88. The summed E-state index contributed by atoms with van der Waals surface area (Å²) < 4.78 is 2.17. The summed E-state index contributed by atoms with van der Waals surface area (Å²) in [5.41, 5.74) is 0.245. The summed E-state index contributed by atoms with van der Waals surface area (Å²) in [6.45, 7) is 10.7. The van der Waals surface area contributed by atoms with Gasteiger partial charge in [-0.2, -0.15) is 0 Å². The van der Waals surface area contributed by atoms with E-state index in [1.165, 1.54) is 0 Å². The maximum absolute atomic E-state index is 4.19. The first kappa shape index (κ1) is 11.2. The molecule has 1 rings (SSSR count). The van der Waals surface area contributed by atoms with Gasteiger partial charge in [-0.25, -0.2) is 4.98 Å². The van der Waals surface area contributed by atoms with Crippen LogP contribution in [0.4, 0.5) is 0 Å². The highest BCUT2D eigenvalue weighted by Gasteiger charge is 2.12. The van der Waals surface area contributed by atoms with Crippen molar-refractivity contribution >= 4 is 0 Å². The molecule has 0 bridgehead atoms. The van der Waals surface area contributed by atoms with Gasteiger partial charge in [0.05, 0.1) is 0 Å². The first-order chi connectivity index (χ1) is 6.55. The van der Waals surface area contributed by atoms with E-state index >= 15 is 0 Å². The molecule has 0 aliphatic heterocycles. The van der Waals surface area contributed by atoms with Gasteiger partial charge >= 0.3 is 0 Å².